The average molecular weight is 252 g/mol. The molecule has 3 heteroatoms. The number of hydrogen-bond acceptors (Lipinski definition) is 3. The fraction of sp³-hybridized carbons (Fsp3) is 0.867. The van der Waals surface area contributed by atoms with Crippen LogP contribution in [0.1, 0.15) is 45.4 Å². The maximum atomic E-state index is 5.54. The van der Waals surface area contributed by atoms with Gasteiger partial charge in [-0.05, 0) is 64.7 Å². The van der Waals surface area contributed by atoms with Gasteiger partial charge in [0.05, 0.1) is 6.26 Å². The molecule has 0 bridgehead atoms. The molecule has 0 aromatic carbocycles. The van der Waals surface area contributed by atoms with Crippen LogP contribution in [0.25, 0.3) is 0 Å². The third-order valence-electron chi connectivity index (χ3n) is 4.13. The van der Waals surface area contributed by atoms with Crippen LogP contribution < -0.4 is 5.32 Å². The van der Waals surface area contributed by atoms with Gasteiger partial charge in [0, 0.05) is 12.6 Å². The van der Waals surface area contributed by atoms with E-state index in [0.29, 0.717) is 6.10 Å². The Labute approximate surface area is 112 Å². The monoisotopic (exact) mass is 252 g/mol. The minimum absolute atomic E-state index is 0.393. The van der Waals surface area contributed by atoms with Crippen LogP contribution >= 0.6 is 0 Å². The van der Waals surface area contributed by atoms with E-state index in [0.717, 1.165) is 32.0 Å². The predicted octanol–water partition coefficient (Wildman–Crippen LogP) is 2.53. The maximum Gasteiger partial charge on any atom is 0.110 e. The van der Waals surface area contributed by atoms with Gasteiger partial charge in [-0.2, -0.15) is 0 Å². The lowest BCUT2D eigenvalue weighted by Gasteiger charge is -2.33. The second-order valence-electron chi connectivity index (χ2n) is 5.65. The van der Waals surface area contributed by atoms with Crippen LogP contribution in [0.4, 0.5) is 0 Å². The summed E-state index contributed by atoms with van der Waals surface area (Å²) in [4.78, 5) is 2.64. The van der Waals surface area contributed by atoms with Crippen molar-refractivity contribution >= 4 is 0 Å². The van der Waals surface area contributed by atoms with Gasteiger partial charge in [-0.25, -0.2) is 0 Å². The SMILES string of the molecule is CC1CCCCN1CCCNCC1CCC=CO1. The van der Waals surface area contributed by atoms with Crippen molar-refractivity contribution in [1.82, 2.24) is 10.2 Å². The lowest BCUT2D eigenvalue weighted by Crippen LogP contribution is -2.39. The highest BCUT2D eigenvalue weighted by Crippen LogP contribution is 2.16. The van der Waals surface area contributed by atoms with Crippen molar-refractivity contribution in [3.8, 4) is 0 Å². The van der Waals surface area contributed by atoms with Crippen molar-refractivity contribution in [1.29, 1.82) is 0 Å². The molecule has 2 rings (SSSR count). The summed E-state index contributed by atoms with van der Waals surface area (Å²) in [5.74, 6) is 0. The first-order valence-electron chi connectivity index (χ1n) is 7.61. The van der Waals surface area contributed by atoms with Gasteiger partial charge in [-0.1, -0.05) is 6.42 Å². The highest BCUT2D eigenvalue weighted by atomic mass is 16.5. The molecule has 2 aliphatic heterocycles. The van der Waals surface area contributed by atoms with Crippen LogP contribution in [-0.4, -0.2) is 43.2 Å². The smallest absolute Gasteiger partial charge is 0.110 e. The molecule has 18 heavy (non-hydrogen) atoms. The van der Waals surface area contributed by atoms with Gasteiger partial charge in [-0.15, -0.1) is 0 Å². The normalized spacial score (nSPS) is 29.2. The summed E-state index contributed by atoms with van der Waals surface area (Å²) in [5.41, 5.74) is 0. The van der Waals surface area contributed by atoms with Crippen molar-refractivity contribution < 1.29 is 4.74 Å². The van der Waals surface area contributed by atoms with Crippen molar-refractivity contribution in [2.24, 2.45) is 0 Å². The summed E-state index contributed by atoms with van der Waals surface area (Å²) < 4.78 is 5.54. The van der Waals surface area contributed by atoms with Crippen LogP contribution in [0.15, 0.2) is 12.3 Å². The van der Waals surface area contributed by atoms with E-state index in [1.165, 1.54) is 38.8 Å². The minimum atomic E-state index is 0.393. The molecular weight excluding hydrogens is 224 g/mol. The molecule has 104 valence electrons. The van der Waals surface area contributed by atoms with Gasteiger partial charge in [0.1, 0.15) is 6.10 Å². The molecule has 2 heterocycles. The molecule has 1 saturated heterocycles. The summed E-state index contributed by atoms with van der Waals surface area (Å²) in [7, 11) is 0. The van der Waals surface area contributed by atoms with E-state index in [9.17, 15) is 0 Å². The van der Waals surface area contributed by atoms with Gasteiger partial charge in [0.15, 0.2) is 0 Å². The number of nitrogens with one attached hydrogen (secondary N) is 1. The molecule has 2 atom stereocenters. The summed E-state index contributed by atoms with van der Waals surface area (Å²) >= 11 is 0. The Hall–Kier alpha value is -0.540. The molecule has 0 saturated carbocycles. The van der Waals surface area contributed by atoms with E-state index in [4.69, 9.17) is 4.74 Å². The van der Waals surface area contributed by atoms with Gasteiger partial charge in [-0.3, -0.25) is 0 Å². The zero-order valence-corrected chi connectivity index (χ0v) is 11.7. The fourth-order valence-electron chi connectivity index (χ4n) is 2.90. The Kier molecular flexibility index (Phi) is 6.01. The number of nitrogens with zero attached hydrogens (tertiary/aromatic N) is 1. The predicted molar refractivity (Wildman–Crippen MR) is 75.6 cm³/mol. The standard InChI is InChI=1S/C15H28N2O/c1-14-7-2-4-10-17(14)11-6-9-16-13-15-8-3-5-12-18-15/h5,12,14-16H,2-4,6-11,13H2,1H3. The Morgan fingerprint density at radius 2 is 2.28 bits per heavy atom. The molecule has 0 radical (unpaired) electrons. The van der Waals surface area contributed by atoms with E-state index in [1.54, 1.807) is 0 Å². The molecule has 0 aliphatic carbocycles. The maximum absolute atomic E-state index is 5.54. The van der Waals surface area contributed by atoms with Crippen LogP contribution in [0.3, 0.4) is 0 Å². The molecule has 1 fully saturated rings. The van der Waals surface area contributed by atoms with Gasteiger partial charge < -0.3 is 15.0 Å². The second-order valence-corrected chi connectivity index (χ2v) is 5.65. The van der Waals surface area contributed by atoms with Gasteiger partial charge >= 0.3 is 0 Å². The van der Waals surface area contributed by atoms with E-state index >= 15 is 0 Å². The number of piperidine rings is 1. The highest BCUT2D eigenvalue weighted by molar-refractivity contribution is 4.83. The molecule has 1 N–H and O–H groups in total. The molecule has 2 unspecified atom stereocenters. The fourth-order valence-corrected chi connectivity index (χ4v) is 2.90. The first-order chi connectivity index (χ1) is 8.86. The Bertz CT molecular complexity index is 255. The molecular formula is C15H28N2O. The number of allylic oxidation sites excluding steroid dienone is 1. The summed E-state index contributed by atoms with van der Waals surface area (Å²) in [6.07, 6.45) is 12.1. The third-order valence-corrected chi connectivity index (χ3v) is 4.13. The van der Waals surface area contributed by atoms with E-state index in [2.05, 4.69) is 23.2 Å². The highest BCUT2D eigenvalue weighted by Gasteiger charge is 2.17. The first-order valence-corrected chi connectivity index (χ1v) is 7.61. The Morgan fingerprint density at radius 3 is 3.06 bits per heavy atom. The Morgan fingerprint density at radius 1 is 1.33 bits per heavy atom. The largest absolute Gasteiger partial charge is 0.497 e. The Balaban J connectivity index is 1.49. The lowest BCUT2D eigenvalue weighted by atomic mass is 10.0. The summed E-state index contributed by atoms with van der Waals surface area (Å²) in [5, 5.41) is 3.52. The average Bonchev–Trinajstić information content (AvgIpc) is 2.42. The molecule has 2 aliphatic rings. The van der Waals surface area contributed by atoms with Gasteiger partial charge in [0.25, 0.3) is 0 Å². The van der Waals surface area contributed by atoms with Crippen molar-refractivity contribution in [3.05, 3.63) is 12.3 Å². The van der Waals surface area contributed by atoms with Crippen LogP contribution in [0, 0.1) is 0 Å². The zero-order valence-electron chi connectivity index (χ0n) is 11.7. The zero-order chi connectivity index (χ0) is 12.6. The van der Waals surface area contributed by atoms with Gasteiger partial charge in [0.2, 0.25) is 0 Å². The number of hydrogen-bond donors (Lipinski definition) is 1. The molecule has 0 aromatic heterocycles. The summed E-state index contributed by atoms with van der Waals surface area (Å²) in [6.45, 7) is 7.04. The van der Waals surface area contributed by atoms with Crippen LogP contribution in [0.2, 0.25) is 0 Å². The second kappa shape index (κ2) is 7.80. The third kappa shape index (κ3) is 4.62. The number of rotatable bonds is 6. The molecule has 0 amide bonds. The van der Waals surface area contributed by atoms with E-state index < -0.39 is 0 Å². The number of likely N-dealkylation sites (tertiary alicyclic amines) is 1. The quantitative estimate of drug-likeness (QED) is 0.735. The summed E-state index contributed by atoms with van der Waals surface area (Å²) in [6, 6.07) is 0.797. The lowest BCUT2D eigenvalue weighted by molar-refractivity contribution is 0.121. The first kappa shape index (κ1) is 13.9. The molecule has 0 spiro atoms. The molecule has 3 nitrogen and oxygen atoms in total. The van der Waals surface area contributed by atoms with Crippen molar-refractivity contribution in [2.75, 3.05) is 26.2 Å². The van der Waals surface area contributed by atoms with Crippen LogP contribution in [0.5, 0.6) is 0 Å². The topological polar surface area (TPSA) is 24.5 Å². The van der Waals surface area contributed by atoms with E-state index in [-0.39, 0.29) is 0 Å². The van der Waals surface area contributed by atoms with E-state index in [1.807, 2.05) is 6.26 Å². The van der Waals surface area contributed by atoms with Crippen LogP contribution in [-0.2, 0) is 4.74 Å². The molecule has 0 aromatic rings. The number of ether oxygens (including phenoxy) is 1. The van der Waals surface area contributed by atoms with Crippen molar-refractivity contribution in [2.45, 2.75) is 57.6 Å². The van der Waals surface area contributed by atoms with Crippen molar-refractivity contribution in [3.63, 3.8) is 0 Å². The minimum Gasteiger partial charge on any atom is -0.497 e.